The van der Waals surface area contributed by atoms with Gasteiger partial charge in [-0.25, -0.2) is 17.2 Å². The highest BCUT2D eigenvalue weighted by Gasteiger charge is 2.36. The van der Waals surface area contributed by atoms with E-state index in [-0.39, 0.29) is 27.6 Å². The van der Waals surface area contributed by atoms with Crippen molar-refractivity contribution in [2.24, 2.45) is 0 Å². The Morgan fingerprint density at radius 2 is 2.00 bits per heavy atom. The number of rotatable bonds is 5. The van der Waals surface area contributed by atoms with Gasteiger partial charge in [-0.2, -0.15) is 0 Å². The summed E-state index contributed by atoms with van der Waals surface area (Å²) in [5.41, 5.74) is 1.04. The fourth-order valence-electron chi connectivity index (χ4n) is 3.59. The molecule has 4 rings (SSSR count). The van der Waals surface area contributed by atoms with E-state index in [4.69, 9.17) is 9.47 Å². The Hall–Kier alpha value is -2.19. The summed E-state index contributed by atoms with van der Waals surface area (Å²) in [6.45, 7) is 0.868. The van der Waals surface area contributed by atoms with Gasteiger partial charge >= 0.3 is 0 Å². The summed E-state index contributed by atoms with van der Waals surface area (Å²) in [5.74, 6) is 0.967. The van der Waals surface area contributed by atoms with Crippen LogP contribution in [0.25, 0.3) is 0 Å². The molecule has 0 radical (unpaired) electrons. The van der Waals surface area contributed by atoms with Gasteiger partial charge in [0.25, 0.3) is 6.43 Å². The zero-order valence-electron chi connectivity index (χ0n) is 14.4. The number of hydrogen-bond donors (Lipinski definition) is 1. The molecule has 2 aromatic carbocycles. The summed E-state index contributed by atoms with van der Waals surface area (Å²) < 4.78 is 61.4. The van der Waals surface area contributed by atoms with Gasteiger partial charge in [-0.15, -0.1) is 0 Å². The number of hydrogen-bond acceptors (Lipinski definition) is 5. The van der Waals surface area contributed by atoms with Crippen LogP contribution in [0.15, 0.2) is 52.3 Å². The quantitative estimate of drug-likeness (QED) is 0.843. The van der Waals surface area contributed by atoms with E-state index in [0.29, 0.717) is 5.75 Å². The van der Waals surface area contributed by atoms with E-state index in [1.807, 2.05) is 6.07 Å². The third-order valence-electron chi connectivity index (χ3n) is 4.89. The molecule has 2 unspecified atom stereocenters. The third kappa shape index (κ3) is 3.51. The fourth-order valence-corrected chi connectivity index (χ4v) is 4.90. The molecular weight excluding hydrogens is 376 g/mol. The number of sulfone groups is 1. The molecule has 1 N–H and O–H groups in total. The molecule has 2 aromatic rings. The largest absolute Gasteiger partial charge is 0.488 e. The van der Waals surface area contributed by atoms with Gasteiger partial charge in [0.2, 0.25) is 9.84 Å². The molecule has 2 aliphatic rings. The second-order valence-electron chi connectivity index (χ2n) is 6.64. The van der Waals surface area contributed by atoms with Gasteiger partial charge in [0.15, 0.2) is 0 Å². The van der Waals surface area contributed by atoms with Crippen LogP contribution in [-0.2, 0) is 9.84 Å². The zero-order chi connectivity index (χ0) is 19.0. The first-order valence-corrected chi connectivity index (χ1v) is 10.2. The van der Waals surface area contributed by atoms with Crippen molar-refractivity contribution >= 4 is 9.84 Å². The highest BCUT2D eigenvalue weighted by atomic mass is 32.2. The minimum atomic E-state index is -3.82. The molecule has 2 heterocycles. The lowest BCUT2D eigenvalue weighted by Gasteiger charge is -2.24. The van der Waals surface area contributed by atoms with Crippen molar-refractivity contribution in [1.29, 1.82) is 0 Å². The van der Waals surface area contributed by atoms with Crippen LogP contribution in [-0.4, -0.2) is 40.6 Å². The summed E-state index contributed by atoms with van der Waals surface area (Å²) in [6.07, 6.45) is -1.65. The molecule has 0 aliphatic carbocycles. The van der Waals surface area contributed by atoms with Crippen LogP contribution >= 0.6 is 0 Å². The summed E-state index contributed by atoms with van der Waals surface area (Å²) in [5, 5.41) is 3.28. The van der Waals surface area contributed by atoms with E-state index in [9.17, 15) is 17.2 Å². The maximum absolute atomic E-state index is 13.0. The first kappa shape index (κ1) is 18.2. The third-order valence-corrected chi connectivity index (χ3v) is 6.64. The van der Waals surface area contributed by atoms with Crippen molar-refractivity contribution < 1.29 is 26.7 Å². The first-order valence-electron chi connectivity index (χ1n) is 8.72. The second kappa shape index (κ2) is 7.09. The lowest BCUT2D eigenvalue weighted by Crippen LogP contribution is -2.39. The Balaban J connectivity index is 1.63. The van der Waals surface area contributed by atoms with E-state index in [1.165, 1.54) is 24.3 Å². The Morgan fingerprint density at radius 1 is 1.19 bits per heavy atom. The van der Waals surface area contributed by atoms with Crippen LogP contribution in [0.4, 0.5) is 8.78 Å². The fraction of sp³-hybridized carbons (Fsp3) is 0.368. The normalized spacial score (nSPS) is 21.4. The Labute approximate surface area is 156 Å². The van der Waals surface area contributed by atoms with Crippen LogP contribution in [0.2, 0.25) is 0 Å². The maximum atomic E-state index is 13.0. The highest BCUT2D eigenvalue weighted by molar-refractivity contribution is 7.91. The van der Waals surface area contributed by atoms with Crippen LogP contribution in [0, 0.1) is 0 Å². The Kier molecular flexibility index (Phi) is 4.77. The number of benzene rings is 2. The molecule has 8 heteroatoms. The summed E-state index contributed by atoms with van der Waals surface area (Å²) in [7, 11) is -3.82. The molecule has 5 nitrogen and oxygen atoms in total. The molecule has 2 aliphatic heterocycles. The Bertz CT molecular complexity index is 948. The number of halogens is 2. The number of alkyl halides is 2. The van der Waals surface area contributed by atoms with Crippen LogP contribution in [0.3, 0.4) is 0 Å². The van der Waals surface area contributed by atoms with Gasteiger partial charge in [-0.1, -0.05) is 12.1 Å². The van der Waals surface area contributed by atoms with E-state index in [2.05, 4.69) is 5.32 Å². The smallest absolute Gasteiger partial charge is 0.272 e. The van der Waals surface area contributed by atoms with Crippen LogP contribution < -0.4 is 14.8 Å². The Morgan fingerprint density at radius 3 is 2.81 bits per heavy atom. The lowest BCUT2D eigenvalue weighted by atomic mass is 9.90. The average molecular weight is 395 g/mol. The summed E-state index contributed by atoms with van der Waals surface area (Å²) in [4.78, 5) is 0.102. The van der Waals surface area contributed by atoms with Crippen LogP contribution in [0.5, 0.6) is 11.5 Å². The predicted octanol–water partition coefficient (Wildman–Crippen LogP) is 3.00. The summed E-state index contributed by atoms with van der Waals surface area (Å²) in [6, 6.07) is 10.5. The van der Waals surface area contributed by atoms with Crippen molar-refractivity contribution in [2.75, 3.05) is 19.7 Å². The minimum absolute atomic E-state index is 0.00806. The van der Waals surface area contributed by atoms with E-state index >= 15 is 0 Å². The van der Waals surface area contributed by atoms with E-state index in [1.54, 1.807) is 12.1 Å². The zero-order valence-corrected chi connectivity index (χ0v) is 15.2. The molecule has 0 amide bonds. The maximum Gasteiger partial charge on any atom is 0.272 e. The van der Waals surface area contributed by atoms with Crippen molar-refractivity contribution in [3.63, 3.8) is 0 Å². The number of ether oxygens (including phenoxy) is 2. The SMILES string of the molecule is O=S(=O)(c1cccc(OCC(F)F)c1)c1ccc2c(c1)OC1CNCCC21. The standard InChI is InChI=1S/C19H19F2NO4S/c20-19(21)11-25-12-2-1-3-13(8-12)27(23,24)14-4-5-15-16-6-7-22-10-18(16)26-17(15)9-14/h1-5,8-9,16,18-19,22H,6-7,10-11H2. The molecule has 144 valence electrons. The van der Waals surface area contributed by atoms with Crippen molar-refractivity contribution in [2.45, 2.75) is 34.7 Å². The molecule has 1 fully saturated rings. The molecule has 2 atom stereocenters. The first-order chi connectivity index (χ1) is 12.9. The minimum Gasteiger partial charge on any atom is -0.488 e. The average Bonchev–Trinajstić information content (AvgIpc) is 3.04. The van der Waals surface area contributed by atoms with Gasteiger partial charge in [0, 0.05) is 18.0 Å². The van der Waals surface area contributed by atoms with Gasteiger partial charge in [-0.05, 0) is 43.3 Å². The highest BCUT2D eigenvalue weighted by Crippen LogP contribution is 2.42. The lowest BCUT2D eigenvalue weighted by molar-refractivity contribution is 0.0818. The molecule has 1 saturated heterocycles. The second-order valence-corrected chi connectivity index (χ2v) is 8.59. The molecule has 0 aromatic heterocycles. The predicted molar refractivity (Wildman–Crippen MR) is 94.5 cm³/mol. The molecule has 0 bridgehead atoms. The van der Waals surface area contributed by atoms with Gasteiger partial charge in [0.1, 0.15) is 24.2 Å². The van der Waals surface area contributed by atoms with Crippen molar-refractivity contribution in [3.05, 3.63) is 48.0 Å². The summed E-state index contributed by atoms with van der Waals surface area (Å²) >= 11 is 0. The van der Waals surface area contributed by atoms with Gasteiger partial charge in [0.05, 0.1) is 9.79 Å². The number of nitrogens with one attached hydrogen (secondary N) is 1. The van der Waals surface area contributed by atoms with Crippen LogP contribution in [0.1, 0.15) is 17.9 Å². The molecule has 0 spiro atoms. The monoisotopic (exact) mass is 395 g/mol. The topological polar surface area (TPSA) is 64.6 Å². The van der Waals surface area contributed by atoms with E-state index in [0.717, 1.165) is 25.1 Å². The molecule has 0 saturated carbocycles. The van der Waals surface area contributed by atoms with Gasteiger partial charge in [-0.3, -0.25) is 0 Å². The number of fused-ring (bicyclic) bond motifs is 3. The van der Waals surface area contributed by atoms with Crippen molar-refractivity contribution in [3.8, 4) is 11.5 Å². The molecular formula is C19H19F2NO4S. The van der Waals surface area contributed by atoms with Gasteiger partial charge < -0.3 is 14.8 Å². The number of piperidine rings is 1. The van der Waals surface area contributed by atoms with E-state index < -0.39 is 22.9 Å². The van der Waals surface area contributed by atoms with Crippen molar-refractivity contribution in [1.82, 2.24) is 5.32 Å². The molecule has 27 heavy (non-hydrogen) atoms.